The van der Waals surface area contributed by atoms with Crippen LogP contribution in [0.5, 0.6) is 0 Å². The molecule has 0 aromatic carbocycles. The molecule has 1 rings (SSSR count). The van der Waals surface area contributed by atoms with Gasteiger partial charge in [0.1, 0.15) is 0 Å². The predicted octanol–water partition coefficient (Wildman–Crippen LogP) is 4.68. The van der Waals surface area contributed by atoms with E-state index in [1.807, 2.05) is 0 Å². The van der Waals surface area contributed by atoms with Crippen LogP contribution in [0.25, 0.3) is 0 Å². The maximum atomic E-state index is 6.91. The fourth-order valence-electron chi connectivity index (χ4n) is 4.95. The average molecular weight is 319 g/mol. The Morgan fingerprint density at radius 3 is 1.50 bits per heavy atom. The van der Waals surface area contributed by atoms with Gasteiger partial charge in [0, 0.05) is 12.3 Å². The molecule has 0 aromatic heterocycles. The highest BCUT2D eigenvalue weighted by atomic mass is 29.8. The topological polar surface area (TPSA) is 9.23 Å². The van der Waals surface area contributed by atoms with Crippen molar-refractivity contribution in [2.45, 2.75) is 84.3 Å². The Kier molecular flexibility index (Phi) is 4.14. The van der Waals surface area contributed by atoms with Gasteiger partial charge in [-0.2, -0.15) is 0 Å². The number of hydrogen-bond acceptors (Lipinski definition) is 1. The molecule has 1 nitrogen and oxygen atoms in total. The van der Waals surface area contributed by atoms with Crippen molar-refractivity contribution in [3.05, 3.63) is 0 Å². The second kappa shape index (κ2) is 4.41. The highest BCUT2D eigenvalue weighted by molar-refractivity contribution is 7.83. The van der Waals surface area contributed by atoms with Gasteiger partial charge in [0.05, 0.1) is 14.7 Å². The third-order valence-corrected chi connectivity index (χ3v) is 74.8. The summed E-state index contributed by atoms with van der Waals surface area (Å²) in [4.78, 5) is 0. The molecule has 0 aliphatic carbocycles. The lowest BCUT2D eigenvalue weighted by Crippen LogP contribution is -2.91. The molecule has 0 spiro atoms. The SMILES string of the molecule is CC[Si]1(CC)C(C)(C)O[Si](C)(C)[Si](C)(C)[Si]1(C)C. The van der Waals surface area contributed by atoms with Crippen molar-refractivity contribution in [2.24, 2.45) is 0 Å². The first-order chi connectivity index (χ1) is 7.83. The van der Waals surface area contributed by atoms with Crippen molar-refractivity contribution in [1.82, 2.24) is 0 Å². The molecule has 18 heavy (non-hydrogen) atoms. The molecule has 0 radical (unpaired) electrons. The van der Waals surface area contributed by atoms with Gasteiger partial charge in [-0.05, 0) is 26.9 Å². The molecule has 1 heterocycles. The van der Waals surface area contributed by atoms with Crippen molar-refractivity contribution < 1.29 is 4.43 Å². The van der Waals surface area contributed by atoms with E-state index in [1.165, 1.54) is 12.1 Å². The molecular weight excluding hydrogens is 284 g/mol. The van der Waals surface area contributed by atoms with Crippen LogP contribution in [0.4, 0.5) is 0 Å². The minimum atomic E-state index is -1.47. The molecule has 1 fully saturated rings. The fourth-order valence-corrected chi connectivity index (χ4v) is 81.7. The maximum Gasteiger partial charge on any atom is 0.171 e. The first kappa shape index (κ1) is 16.9. The summed E-state index contributed by atoms with van der Waals surface area (Å²) in [5, 5.41) is 0.213. The minimum absolute atomic E-state index is 0.213. The van der Waals surface area contributed by atoms with Crippen LogP contribution >= 0.6 is 0 Å². The molecular formula is C13H34OSi4. The van der Waals surface area contributed by atoms with E-state index in [4.69, 9.17) is 4.43 Å². The van der Waals surface area contributed by atoms with E-state index in [1.54, 1.807) is 0 Å². The zero-order chi connectivity index (χ0) is 14.6. The van der Waals surface area contributed by atoms with Crippen LogP contribution in [0.15, 0.2) is 0 Å². The van der Waals surface area contributed by atoms with Gasteiger partial charge in [-0.1, -0.05) is 52.1 Å². The standard InChI is InChI=1S/C13H34OSi4/c1-11-18(12-2)13(3,4)14-15(5,6)16(7,8)17(18,9)10/h11-12H2,1-10H3. The molecule has 1 aliphatic heterocycles. The van der Waals surface area contributed by atoms with Gasteiger partial charge in [-0.25, -0.2) is 0 Å². The minimum Gasteiger partial charge on any atom is -0.418 e. The van der Waals surface area contributed by atoms with E-state index < -0.39 is 29.6 Å². The lowest BCUT2D eigenvalue weighted by Gasteiger charge is -2.67. The van der Waals surface area contributed by atoms with E-state index in [9.17, 15) is 0 Å². The zero-order valence-corrected chi connectivity index (χ0v) is 18.3. The molecule has 0 bridgehead atoms. The van der Waals surface area contributed by atoms with Crippen LogP contribution in [-0.2, 0) is 4.43 Å². The second-order valence-corrected chi connectivity index (χ2v) is 47.2. The average Bonchev–Trinajstić information content (AvgIpc) is 2.15. The van der Waals surface area contributed by atoms with Crippen molar-refractivity contribution in [2.75, 3.05) is 0 Å². The van der Waals surface area contributed by atoms with Crippen LogP contribution in [0.3, 0.4) is 0 Å². The van der Waals surface area contributed by atoms with Gasteiger partial charge < -0.3 is 4.43 Å². The fraction of sp³-hybridized carbons (Fsp3) is 1.00. The quantitative estimate of drug-likeness (QED) is 0.672. The Balaban J connectivity index is 3.54. The van der Waals surface area contributed by atoms with Crippen LogP contribution in [-0.4, -0.2) is 34.9 Å². The van der Waals surface area contributed by atoms with Crippen LogP contribution in [0, 0.1) is 0 Å². The van der Waals surface area contributed by atoms with Crippen molar-refractivity contribution in [3.8, 4) is 0 Å². The van der Waals surface area contributed by atoms with E-state index in [0.29, 0.717) is 0 Å². The third-order valence-electron chi connectivity index (χ3n) is 7.13. The first-order valence-electron chi connectivity index (χ1n) is 7.53. The first-order valence-corrected chi connectivity index (χ1v) is 21.9. The summed E-state index contributed by atoms with van der Waals surface area (Å²) in [5.41, 5.74) is 0. The summed E-state index contributed by atoms with van der Waals surface area (Å²) >= 11 is 0. The van der Waals surface area contributed by atoms with Gasteiger partial charge in [0.2, 0.25) is 0 Å². The maximum absolute atomic E-state index is 6.91. The van der Waals surface area contributed by atoms with E-state index in [-0.39, 0.29) is 5.22 Å². The Hall–Kier alpha value is 0.828. The summed E-state index contributed by atoms with van der Waals surface area (Å²) in [6, 6.07) is 2.85. The summed E-state index contributed by atoms with van der Waals surface area (Å²) in [6.07, 6.45) is 0. The predicted molar refractivity (Wildman–Crippen MR) is 94.3 cm³/mol. The molecule has 0 saturated carbocycles. The Labute approximate surface area is 118 Å². The summed E-state index contributed by atoms with van der Waals surface area (Å²) in [7, 11) is -5.12. The molecule has 0 aromatic rings. The molecule has 0 amide bonds. The van der Waals surface area contributed by atoms with Gasteiger partial charge >= 0.3 is 0 Å². The van der Waals surface area contributed by atoms with Crippen LogP contribution in [0.1, 0.15) is 27.7 Å². The highest BCUT2D eigenvalue weighted by Crippen LogP contribution is 2.50. The van der Waals surface area contributed by atoms with Gasteiger partial charge in [0.15, 0.2) is 7.83 Å². The van der Waals surface area contributed by atoms with E-state index >= 15 is 0 Å². The summed E-state index contributed by atoms with van der Waals surface area (Å²) < 4.78 is 6.91. The monoisotopic (exact) mass is 318 g/mol. The van der Waals surface area contributed by atoms with Gasteiger partial charge in [-0.3, -0.25) is 0 Å². The molecule has 0 unspecified atom stereocenters. The molecule has 1 aliphatic rings. The highest BCUT2D eigenvalue weighted by Gasteiger charge is 2.71. The van der Waals surface area contributed by atoms with E-state index in [0.717, 1.165) is 0 Å². The lowest BCUT2D eigenvalue weighted by molar-refractivity contribution is 0.181. The van der Waals surface area contributed by atoms with Gasteiger partial charge in [0.25, 0.3) is 0 Å². The zero-order valence-electron chi connectivity index (χ0n) is 14.3. The summed E-state index contributed by atoms with van der Waals surface area (Å²) in [6.45, 7) is 25.7. The number of rotatable bonds is 2. The van der Waals surface area contributed by atoms with Crippen LogP contribution < -0.4 is 0 Å². The number of hydrogen-bond donors (Lipinski definition) is 0. The molecule has 5 heteroatoms. The van der Waals surface area contributed by atoms with Crippen molar-refractivity contribution in [3.63, 3.8) is 0 Å². The van der Waals surface area contributed by atoms with Crippen molar-refractivity contribution in [1.29, 1.82) is 0 Å². The summed E-state index contributed by atoms with van der Waals surface area (Å²) in [5.74, 6) is 0. The molecule has 108 valence electrons. The molecule has 1 saturated heterocycles. The van der Waals surface area contributed by atoms with E-state index in [2.05, 4.69) is 67.0 Å². The normalized spacial score (nSPS) is 31.0. The van der Waals surface area contributed by atoms with Crippen LogP contribution in [0.2, 0.25) is 51.4 Å². The second-order valence-electron chi connectivity index (χ2n) is 8.16. The largest absolute Gasteiger partial charge is 0.418 e. The Morgan fingerprint density at radius 2 is 1.17 bits per heavy atom. The molecule has 0 atom stereocenters. The third kappa shape index (κ3) is 1.77. The lowest BCUT2D eigenvalue weighted by atomic mass is 10.5. The van der Waals surface area contributed by atoms with Crippen molar-refractivity contribution >= 4 is 29.6 Å². The smallest absolute Gasteiger partial charge is 0.171 e. The van der Waals surface area contributed by atoms with Gasteiger partial charge in [-0.15, -0.1) is 0 Å². The molecule has 0 N–H and O–H groups in total. The Morgan fingerprint density at radius 1 is 0.778 bits per heavy atom. The Bertz CT molecular complexity index is 330.